The molecule has 4 nitrogen and oxygen atoms in total. The van der Waals surface area contributed by atoms with Crippen molar-refractivity contribution in [1.82, 2.24) is 9.80 Å². The molecule has 0 amide bonds. The third kappa shape index (κ3) is 3.41. The summed E-state index contributed by atoms with van der Waals surface area (Å²) in [6.07, 6.45) is 9.06. The molecule has 1 saturated carbocycles. The first-order valence-corrected chi connectivity index (χ1v) is 8.74. The van der Waals surface area contributed by atoms with E-state index in [0.717, 1.165) is 32.8 Å². The highest BCUT2D eigenvalue weighted by Gasteiger charge is 2.40. The molecule has 1 aliphatic carbocycles. The standard InChI is InChI=1S/C17H29N3O/c1-15(14-18)19-8-10-20(11-9-19)16-5-12-21-17(13-16)6-3-2-4-7-17/h15-16H,2-13H2,1H3. The third-order valence-electron chi connectivity index (χ3n) is 5.83. The SMILES string of the molecule is CC(C#N)N1CCN(C2CCOC3(CCCCC3)C2)CC1. The topological polar surface area (TPSA) is 39.5 Å². The molecule has 3 rings (SSSR count). The lowest BCUT2D eigenvalue weighted by atomic mass is 9.78. The molecule has 0 aromatic carbocycles. The van der Waals surface area contributed by atoms with Gasteiger partial charge in [0.1, 0.15) is 0 Å². The van der Waals surface area contributed by atoms with Crippen molar-refractivity contribution >= 4 is 0 Å². The van der Waals surface area contributed by atoms with E-state index in [1.807, 2.05) is 6.92 Å². The Kier molecular flexibility index (Phi) is 4.83. The van der Waals surface area contributed by atoms with Gasteiger partial charge in [-0.2, -0.15) is 5.26 Å². The van der Waals surface area contributed by atoms with Gasteiger partial charge >= 0.3 is 0 Å². The minimum absolute atomic E-state index is 0.0616. The molecule has 2 unspecified atom stereocenters. The summed E-state index contributed by atoms with van der Waals surface area (Å²) in [6, 6.07) is 3.13. The summed E-state index contributed by atoms with van der Waals surface area (Å²) in [4.78, 5) is 4.98. The molecular formula is C17H29N3O. The minimum atomic E-state index is 0.0616. The van der Waals surface area contributed by atoms with Crippen LogP contribution in [0.1, 0.15) is 51.9 Å². The van der Waals surface area contributed by atoms with Crippen LogP contribution in [0.25, 0.3) is 0 Å². The molecule has 2 aliphatic heterocycles. The second-order valence-electron chi connectivity index (χ2n) is 7.12. The fourth-order valence-corrected chi connectivity index (χ4v) is 4.43. The van der Waals surface area contributed by atoms with Crippen molar-refractivity contribution in [3.05, 3.63) is 0 Å². The van der Waals surface area contributed by atoms with Gasteiger partial charge in [-0.15, -0.1) is 0 Å². The number of hydrogen-bond acceptors (Lipinski definition) is 4. The van der Waals surface area contributed by atoms with Crippen LogP contribution in [0.3, 0.4) is 0 Å². The molecule has 21 heavy (non-hydrogen) atoms. The smallest absolute Gasteiger partial charge is 0.0950 e. The van der Waals surface area contributed by atoms with Gasteiger partial charge < -0.3 is 4.74 Å². The van der Waals surface area contributed by atoms with Crippen LogP contribution in [0.4, 0.5) is 0 Å². The normalized spacial score (nSPS) is 32.7. The van der Waals surface area contributed by atoms with E-state index >= 15 is 0 Å². The lowest BCUT2D eigenvalue weighted by molar-refractivity contribution is -0.127. The Morgan fingerprint density at radius 1 is 1.14 bits per heavy atom. The van der Waals surface area contributed by atoms with Crippen molar-refractivity contribution in [1.29, 1.82) is 5.26 Å². The molecule has 118 valence electrons. The average Bonchev–Trinajstić information content (AvgIpc) is 2.55. The molecule has 0 radical (unpaired) electrons. The quantitative estimate of drug-likeness (QED) is 0.783. The van der Waals surface area contributed by atoms with E-state index in [1.165, 1.54) is 44.9 Å². The van der Waals surface area contributed by atoms with Gasteiger partial charge in [-0.3, -0.25) is 9.80 Å². The molecular weight excluding hydrogens is 262 g/mol. The van der Waals surface area contributed by atoms with Crippen LogP contribution in [0.5, 0.6) is 0 Å². The lowest BCUT2D eigenvalue weighted by Gasteiger charge is -2.48. The fraction of sp³-hybridized carbons (Fsp3) is 0.941. The van der Waals surface area contributed by atoms with E-state index in [0.29, 0.717) is 6.04 Å². The zero-order valence-corrected chi connectivity index (χ0v) is 13.4. The van der Waals surface area contributed by atoms with Gasteiger partial charge in [-0.25, -0.2) is 0 Å². The van der Waals surface area contributed by atoms with Gasteiger partial charge in [0.05, 0.1) is 17.7 Å². The molecule has 4 heteroatoms. The largest absolute Gasteiger partial charge is 0.375 e. The Balaban J connectivity index is 1.54. The van der Waals surface area contributed by atoms with E-state index in [9.17, 15) is 0 Å². The zero-order chi connectivity index (χ0) is 14.7. The summed E-state index contributed by atoms with van der Waals surface area (Å²) in [5.41, 5.74) is 0.207. The average molecular weight is 291 g/mol. The number of hydrogen-bond donors (Lipinski definition) is 0. The highest BCUT2D eigenvalue weighted by atomic mass is 16.5. The van der Waals surface area contributed by atoms with Crippen molar-refractivity contribution in [3.63, 3.8) is 0 Å². The van der Waals surface area contributed by atoms with Crippen molar-refractivity contribution < 1.29 is 4.74 Å². The second-order valence-corrected chi connectivity index (χ2v) is 7.12. The van der Waals surface area contributed by atoms with E-state index in [2.05, 4.69) is 15.9 Å². The summed E-state index contributed by atoms with van der Waals surface area (Å²) in [5, 5.41) is 9.05. The maximum atomic E-state index is 9.05. The van der Waals surface area contributed by atoms with Crippen molar-refractivity contribution in [3.8, 4) is 6.07 Å². The first-order chi connectivity index (χ1) is 10.2. The van der Waals surface area contributed by atoms with Crippen molar-refractivity contribution in [2.45, 2.75) is 69.6 Å². The summed E-state index contributed by atoms with van der Waals surface area (Å²) >= 11 is 0. The van der Waals surface area contributed by atoms with E-state index in [4.69, 9.17) is 10.00 Å². The predicted molar refractivity (Wildman–Crippen MR) is 83.0 cm³/mol. The van der Waals surface area contributed by atoms with Gasteiger partial charge in [0.2, 0.25) is 0 Å². The Morgan fingerprint density at radius 3 is 2.52 bits per heavy atom. The Labute approximate surface area is 129 Å². The van der Waals surface area contributed by atoms with Gasteiger partial charge in [0.25, 0.3) is 0 Å². The number of nitrogens with zero attached hydrogens (tertiary/aromatic N) is 3. The van der Waals surface area contributed by atoms with Crippen LogP contribution in [-0.4, -0.2) is 60.3 Å². The maximum Gasteiger partial charge on any atom is 0.0950 e. The summed E-state index contributed by atoms with van der Waals surface area (Å²) in [7, 11) is 0. The highest BCUT2D eigenvalue weighted by molar-refractivity contribution is 4.95. The van der Waals surface area contributed by atoms with Crippen LogP contribution < -0.4 is 0 Å². The molecule has 1 spiro atoms. The van der Waals surface area contributed by atoms with Crippen LogP contribution in [0.15, 0.2) is 0 Å². The molecule has 0 N–H and O–H groups in total. The van der Waals surface area contributed by atoms with Crippen molar-refractivity contribution in [2.24, 2.45) is 0 Å². The van der Waals surface area contributed by atoms with Crippen molar-refractivity contribution in [2.75, 3.05) is 32.8 Å². The zero-order valence-electron chi connectivity index (χ0n) is 13.4. The molecule has 2 saturated heterocycles. The molecule has 0 bridgehead atoms. The Bertz CT molecular complexity index is 372. The first-order valence-electron chi connectivity index (χ1n) is 8.74. The van der Waals surface area contributed by atoms with Gasteiger partial charge in [0, 0.05) is 38.8 Å². The molecule has 2 heterocycles. The number of nitriles is 1. The van der Waals surface area contributed by atoms with Gasteiger partial charge in [0.15, 0.2) is 0 Å². The summed E-state index contributed by atoms with van der Waals surface area (Å²) < 4.78 is 6.22. The van der Waals surface area contributed by atoms with Crippen LogP contribution in [0, 0.1) is 11.3 Å². The van der Waals surface area contributed by atoms with Crippen LogP contribution in [-0.2, 0) is 4.74 Å². The third-order valence-corrected chi connectivity index (χ3v) is 5.83. The number of ether oxygens (including phenoxy) is 1. The summed E-state index contributed by atoms with van der Waals surface area (Å²) in [5.74, 6) is 0. The minimum Gasteiger partial charge on any atom is -0.375 e. The number of piperazine rings is 1. The second kappa shape index (κ2) is 6.64. The molecule has 2 atom stereocenters. The maximum absolute atomic E-state index is 9.05. The Hall–Kier alpha value is -0.630. The van der Waals surface area contributed by atoms with Crippen LogP contribution >= 0.6 is 0 Å². The molecule has 0 aromatic heterocycles. The highest BCUT2D eigenvalue weighted by Crippen LogP contribution is 2.39. The van der Waals surface area contributed by atoms with Gasteiger partial charge in [-0.05, 0) is 32.6 Å². The van der Waals surface area contributed by atoms with E-state index in [1.54, 1.807) is 0 Å². The monoisotopic (exact) mass is 291 g/mol. The molecule has 3 aliphatic rings. The first kappa shape index (κ1) is 15.3. The predicted octanol–water partition coefficient (Wildman–Crippen LogP) is 2.40. The molecule has 0 aromatic rings. The Morgan fingerprint density at radius 2 is 1.86 bits per heavy atom. The summed E-state index contributed by atoms with van der Waals surface area (Å²) in [6.45, 7) is 7.28. The van der Waals surface area contributed by atoms with E-state index < -0.39 is 0 Å². The number of rotatable bonds is 2. The fourth-order valence-electron chi connectivity index (χ4n) is 4.43. The lowest BCUT2D eigenvalue weighted by Crippen LogP contribution is -2.56. The van der Waals surface area contributed by atoms with Crippen LogP contribution in [0.2, 0.25) is 0 Å². The molecule has 3 fully saturated rings. The van der Waals surface area contributed by atoms with E-state index in [-0.39, 0.29) is 11.6 Å². The van der Waals surface area contributed by atoms with Gasteiger partial charge in [-0.1, -0.05) is 19.3 Å².